The van der Waals surface area contributed by atoms with Crippen LogP contribution in [0.3, 0.4) is 0 Å². The van der Waals surface area contributed by atoms with E-state index in [1.165, 1.54) is 119 Å². The van der Waals surface area contributed by atoms with Crippen molar-refractivity contribution in [1.29, 1.82) is 0 Å². The predicted molar refractivity (Wildman–Crippen MR) is 205 cm³/mol. The SMILES string of the molecule is CC(=O)NC[C@H](CN(CC/C=C\CCCCCCCCCCCCCC/C=C\CCN(C[C@H](CNC(C)=O)OC(C)=O)C(C)=O)C(C)=O)OC(C)=O. The van der Waals surface area contributed by atoms with Crippen molar-refractivity contribution < 1.29 is 38.2 Å². The summed E-state index contributed by atoms with van der Waals surface area (Å²) in [6.45, 7) is 10.4. The lowest BCUT2D eigenvalue weighted by atomic mass is 10.0. The summed E-state index contributed by atoms with van der Waals surface area (Å²) in [5, 5.41) is 5.30. The summed E-state index contributed by atoms with van der Waals surface area (Å²) in [6, 6.07) is 0. The number of carbonyl (C=O) groups excluding carboxylic acids is 6. The van der Waals surface area contributed by atoms with Crippen LogP contribution in [0.15, 0.2) is 24.3 Å². The first-order valence-corrected chi connectivity index (χ1v) is 19.5. The number of amides is 4. The number of nitrogens with zero attached hydrogens (tertiary/aromatic N) is 2. The molecule has 0 aliphatic carbocycles. The number of hydrogen-bond donors (Lipinski definition) is 2. The summed E-state index contributed by atoms with van der Waals surface area (Å²) >= 11 is 0. The molecule has 0 bridgehead atoms. The summed E-state index contributed by atoms with van der Waals surface area (Å²) in [6.07, 6.45) is 26.1. The molecule has 2 atom stereocenters. The molecule has 0 spiro atoms. The van der Waals surface area contributed by atoms with Crippen molar-refractivity contribution in [1.82, 2.24) is 20.4 Å². The molecule has 0 unspecified atom stereocenters. The lowest BCUT2D eigenvalue weighted by molar-refractivity contribution is -0.149. The molecule has 0 radical (unpaired) electrons. The zero-order valence-electron chi connectivity index (χ0n) is 33.2. The minimum atomic E-state index is -0.571. The molecule has 0 heterocycles. The van der Waals surface area contributed by atoms with Crippen molar-refractivity contribution in [2.75, 3.05) is 39.3 Å². The minimum absolute atomic E-state index is 0.0879. The Morgan fingerprint density at radius 2 is 0.750 bits per heavy atom. The second kappa shape index (κ2) is 32.0. The van der Waals surface area contributed by atoms with Crippen LogP contribution in [0.5, 0.6) is 0 Å². The predicted octanol–water partition coefficient (Wildman–Crippen LogP) is 6.17. The maximum atomic E-state index is 12.1. The van der Waals surface area contributed by atoms with Crippen molar-refractivity contribution >= 4 is 35.6 Å². The van der Waals surface area contributed by atoms with Crippen molar-refractivity contribution in [3.05, 3.63) is 24.3 Å². The van der Waals surface area contributed by atoms with E-state index in [1.807, 2.05) is 0 Å². The van der Waals surface area contributed by atoms with Gasteiger partial charge in [0.25, 0.3) is 0 Å². The number of unbranched alkanes of at least 4 members (excludes halogenated alkanes) is 13. The molecule has 0 aliphatic heterocycles. The van der Waals surface area contributed by atoms with Gasteiger partial charge in [-0.2, -0.15) is 0 Å². The van der Waals surface area contributed by atoms with Gasteiger partial charge in [-0.3, -0.25) is 28.8 Å². The fraction of sp³-hybridized carbons (Fsp3) is 0.750. The van der Waals surface area contributed by atoms with Gasteiger partial charge in [-0.05, 0) is 38.5 Å². The summed E-state index contributed by atoms with van der Waals surface area (Å²) in [5.41, 5.74) is 0. The van der Waals surface area contributed by atoms with Crippen LogP contribution in [-0.4, -0.2) is 96.8 Å². The maximum absolute atomic E-state index is 12.1. The van der Waals surface area contributed by atoms with Crippen molar-refractivity contribution in [2.24, 2.45) is 0 Å². The van der Waals surface area contributed by atoms with Gasteiger partial charge in [0.1, 0.15) is 12.2 Å². The molecule has 2 N–H and O–H groups in total. The van der Waals surface area contributed by atoms with Gasteiger partial charge in [-0.25, -0.2) is 0 Å². The van der Waals surface area contributed by atoms with Crippen LogP contribution in [0.25, 0.3) is 0 Å². The Balaban J connectivity index is 3.86. The first kappa shape index (κ1) is 48.3. The minimum Gasteiger partial charge on any atom is -0.459 e. The first-order valence-electron chi connectivity index (χ1n) is 19.5. The Bertz CT molecular complexity index is 1010. The Kier molecular flexibility index (Phi) is 29.7. The highest BCUT2D eigenvalue weighted by molar-refractivity contribution is 5.75. The molecular weight excluding hydrogens is 664 g/mol. The topological polar surface area (TPSA) is 151 Å². The van der Waals surface area contributed by atoms with Crippen molar-refractivity contribution in [2.45, 2.75) is 156 Å². The van der Waals surface area contributed by atoms with Gasteiger partial charge < -0.3 is 29.9 Å². The molecule has 0 aromatic heterocycles. The third kappa shape index (κ3) is 31.1. The highest BCUT2D eigenvalue weighted by Gasteiger charge is 2.20. The number of hydrogen-bond acceptors (Lipinski definition) is 8. The van der Waals surface area contributed by atoms with Crippen LogP contribution in [0.2, 0.25) is 0 Å². The molecule has 0 saturated heterocycles. The van der Waals surface area contributed by atoms with E-state index in [9.17, 15) is 28.8 Å². The molecule has 0 aromatic rings. The van der Waals surface area contributed by atoms with Crippen LogP contribution < -0.4 is 10.6 Å². The summed E-state index contributed by atoms with van der Waals surface area (Å²) in [7, 11) is 0. The van der Waals surface area contributed by atoms with Crippen LogP contribution in [0, 0.1) is 0 Å². The Morgan fingerprint density at radius 1 is 0.462 bits per heavy atom. The van der Waals surface area contributed by atoms with Gasteiger partial charge in [0.15, 0.2) is 0 Å². The number of rotatable bonds is 31. The van der Waals surface area contributed by atoms with Crippen molar-refractivity contribution in [3.63, 3.8) is 0 Å². The van der Waals surface area contributed by atoms with E-state index in [1.54, 1.807) is 9.80 Å². The first-order chi connectivity index (χ1) is 24.8. The second-order valence-corrected chi connectivity index (χ2v) is 13.6. The van der Waals surface area contributed by atoms with E-state index in [2.05, 4.69) is 34.9 Å². The highest BCUT2D eigenvalue weighted by Crippen LogP contribution is 2.13. The molecule has 298 valence electrons. The zero-order chi connectivity index (χ0) is 39.0. The van der Waals surface area contributed by atoms with Crippen molar-refractivity contribution in [3.8, 4) is 0 Å². The fourth-order valence-electron chi connectivity index (χ4n) is 5.74. The molecule has 0 rings (SSSR count). The van der Waals surface area contributed by atoms with E-state index in [0.717, 1.165) is 25.7 Å². The van der Waals surface area contributed by atoms with Gasteiger partial charge in [-0.1, -0.05) is 88.5 Å². The second-order valence-electron chi connectivity index (χ2n) is 13.6. The Morgan fingerprint density at radius 3 is 1.02 bits per heavy atom. The highest BCUT2D eigenvalue weighted by atomic mass is 16.5. The summed E-state index contributed by atoms with van der Waals surface area (Å²) in [4.78, 5) is 72.8. The van der Waals surface area contributed by atoms with Gasteiger partial charge in [-0.15, -0.1) is 0 Å². The molecule has 4 amide bonds. The molecule has 0 aliphatic rings. The van der Waals surface area contributed by atoms with E-state index in [4.69, 9.17) is 9.47 Å². The van der Waals surface area contributed by atoms with Gasteiger partial charge >= 0.3 is 11.9 Å². The molecule has 0 saturated carbocycles. The number of esters is 2. The lowest BCUT2D eigenvalue weighted by Gasteiger charge is -2.26. The van der Waals surface area contributed by atoms with Gasteiger partial charge in [0, 0.05) is 54.6 Å². The van der Waals surface area contributed by atoms with E-state index >= 15 is 0 Å². The molecule has 12 nitrogen and oxygen atoms in total. The standard InChI is InChI=1S/C40H70N4O8/c1-33(45)41-29-39(51-37(5)49)31-43(35(3)47)27-25-23-21-19-17-15-13-11-9-7-8-10-12-14-16-18-20-22-24-26-28-44(36(4)48)32-40(52-38(6)50)30-42-34(2)46/h21-24,39-40H,7-20,25-32H2,1-6H3,(H,41,45)(H,42,46)/b23-21-,24-22-/t39-,40+. The number of ether oxygens (including phenoxy) is 2. The Hall–Kier alpha value is -3.70. The molecule has 12 heteroatoms. The summed E-state index contributed by atoms with van der Waals surface area (Å²) in [5.74, 6) is -1.47. The van der Waals surface area contributed by atoms with Crippen LogP contribution in [-0.2, 0) is 38.2 Å². The molecule has 0 fully saturated rings. The van der Waals surface area contributed by atoms with Gasteiger partial charge in [0.05, 0.1) is 26.2 Å². The zero-order valence-corrected chi connectivity index (χ0v) is 33.2. The average molecular weight is 735 g/mol. The monoisotopic (exact) mass is 735 g/mol. The molecular formula is C40H70N4O8. The number of carbonyl (C=O) groups is 6. The quantitative estimate of drug-likeness (QED) is 0.0488. The maximum Gasteiger partial charge on any atom is 0.303 e. The van der Waals surface area contributed by atoms with Crippen LogP contribution >= 0.6 is 0 Å². The van der Waals surface area contributed by atoms with Crippen LogP contribution in [0.4, 0.5) is 0 Å². The third-order valence-electron chi connectivity index (χ3n) is 8.52. The largest absolute Gasteiger partial charge is 0.459 e. The molecule has 52 heavy (non-hydrogen) atoms. The van der Waals surface area contributed by atoms with Gasteiger partial charge in [0.2, 0.25) is 23.6 Å². The fourth-order valence-corrected chi connectivity index (χ4v) is 5.74. The van der Waals surface area contributed by atoms with Crippen LogP contribution in [0.1, 0.15) is 144 Å². The lowest BCUT2D eigenvalue weighted by Crippen LogP contribution is -2.43. The summed E-state index contributed by atoms with van der Waals surface area (Å²) < 4.78 is 10.5. The Labute approximate surface area is 313 Å². The smallest absolute Gasteiger partial charge is 0.303 e. The number of allylic oxidation sites excluding steroid dienone is 2. The normalized spacial score (nSPS) is 12.3. The third-order valence-corrected chi connectivity index (χ3v) is 8.52. The van der Waals surface area contributed by atoms with E-state index in [0.29, 0.717) is 13.1 Å². The molecule has 0 aromatic carbocycles. The van der Waals surface area contributed by atoms with E-state index in [-0.39, 0.29) is 49.8 Å². The number of nitrogens with one attached hydrogen (secondary N) is 2. The van der Waals surface area contributed by atoms with E-state index < -0.39 is 24.1 Å². The average Bonchev–Trinajstić information content (AvgIpc) is 3.06.